The minimum Gasteiger partial charge on any atom is -0.348 e. The molecule has 3 heterocycles. The Morgan fingerprint density at radius 2 is 2.04 bits per heavy atom. The summed E-state index contributed by atoms with van der Waals surface area (Å²) >= 11 is 2.60. The number of anilines is 1. The molecule has 0 unspecified atom stereocenters. The molecule has 0 bridgehead atoms. The van der Waals surface area contributed by atoms with Crippen LogP contribution in [0.15, 0.2) is 27.8 Å². The second kappa shape index (κ2) is 6.45. The quantitative estimate of drug-likeness (QED) is 0.669. The third-order valence-corrected chi connectivity index (χ3v) is 8.00. The van der Waals surface area contributed by atoms with Crippen LogP contribution in [0.4, 0.5) is 5.69 Å². The molecule has 3 rings (SSSR count). The number of hydroxylamine groups is 2. The first-order valence-electron chi connectivity index (χ1n) is 7.24. The number of hydrogen-bond acceptors (Lipinski definition) is 6. The van der Waals surface area contributed by atoms with Gasteiger partial charge in [-0.25, -0.2) is 13.5 Å². The summed E-state index contributed by atoms with van der Waals surface area (Å²) in [6.07, 6.45) is 0. The molecule has 0 fully saturated rings. The first-order valence-corrected chi connectivity index (χ1v) is 10.4. The lowest BCUT2D eigenvalue weighted by atomic mass is 10.3. The summed E-state index contributed by atoms with van der Waals surface area (Å²) in [4.78, 5) is 21.0. The number of sulfonamides is 1. The number of aryl methyl sites for hydroxylation is 1. The minimum absolute atomic E-state index is 0.274. The normalized spacial score (nSPS) is 11.8. The summed E-state index contributed by atoms with van der Waals surface area (Å²) in [6.45, 7) is 1.86. The number of amides is 1. The Balaban J connectivity index is 2.09. The fraction of sp³-hybridized carbons (Fsp3) is 0.267. The maximum absolute atomic E-state index is 12.8. The molecule has 0 saturated heterocycles. The van der Waals surface area contributed by atoms with Gasteiger partial charge in [0.2, 0.25) is 0 Å². The van der Waals surface area contributed by atoms with Gasteiger partial charge in [-0.15, -0.1) is 22.7 Å². The van der Waals surface area contributed by atoms with Crippen LogP contribution in [0.1, 0.15) is 15.4 Å². The molecule has 0 radical (unpaired) electrons. The van der Waals surface area contributed by atoms with Crippen molar-refractivity contribution in [2.75, 3.05) is 25.5 Å². The van der Waals surface area contributed by atoms with Crippen molar-refractivity contribution in [3.63, 3.8) is 0 Å². The lowest BCUT2D eigenvalue weighted by Gasteiger charge is -2.18. The zero-order chi connectivity index (χ0) is 18.4. The number of thiophene rings is 2. The summed E-state index contributed by atoms with van der Waals surface area (Å²) in [5.74, 6) is -0.335. The summed E-state index contributed by atoms with van der Waals surface area (Å²) < 4.78 is 28.0. The standard InChI is InChI=1S/C15H17N3O4S3/c1-9-14(18(3)25(20,21)12-6-5-7-23-12)13-11(24-9)8-10(16-13)15(19)17(2)22-4/h5-8,16H,1-4H3. The molecule has 0 aromatic carbocycles. The molecule has 3 aromatic rings. The second-order valence-electron chi connectivity index (χ2n) is 5.32. The van der Waals surface area contributed by atoms with Crippen LogP contribution >= 0.6 is 22.7 Å². The van der Waals surface area contributed by atoms with E-state index in [1.54, 1.807) is 23.6 Å². The van der Waals surface area contributed by atoms with Gasteiger partial charge in [-0.1, -0.05) is 6.07 Å². The number of carbonyl (C=O) groups excluding carboxylic acids is 1. The fourth-order valence-electron chi connectivity index (χ4n) is 2.49. The van der Waals surface area contributed by atoms with Gasteiger partial charge in [0.1, 0.15) is 9.90 Å². The molecule has 0 aliphatic carbocycles. The number of H-pyrrole nitrogens is 1. The molecule has 10 heteroatoms. The van der Waals surface area contributed by atoms with E-state index in [1.165, 1.54) is 48.2 Å². The van der Waals surface area contributed by atoms with Crippen LogP contribution in [0.3, 0.4) is 0 Å². The monoisotopic (exact) mass is 399 g/mol. The van der Waals surface area contributed by atoms with Gasteiger partial charge in [0.15, 0.2) is 0 Å². The average molecular weight is 400 g/mol. The van der Waals surface area contributed by atoms with Crippen LogP contribution in [0.2, 0.25) is 0 Å². The SMILES string of the molecule is CON(C)C(=O)c1cc2sc(C)c(N(C)S(=O)(=O)c3cccs3)c2[nH]1. The lowest BCUT2D eigenvalue weighted by molar-refractivity contribution is -0.0759. The maximum Gasteiger partial charge on any atom is 0.293 e. The van der Waals surface area contributed by atoms with Crippen LogP contribution in [0.5, 0.6) is 0 Å². The van der Waals surface area contributed by atoms with Crippen LogP contribution < -0.4 is 4.31 Å². The van der Waals surface area contributed by atoms with Gasteiger partial charge >= 0.3 is 0 Å². The van der Waals surface area contributed by atoms with Crippen molar-refractivity contribution in [3.05, 3.63) is 34.2 Å². The Morgan fingerprint density at radius 1 is 1.32 bits per heavy atom. The van der Waals surface area contributed by atoms with Crippen molar-refractivity contribution in [2.45, 2.75) is 11.1 Å². The van der Waals surface area contributed by atoms with E-state index in [9.17, 15) is 13.2 Å². The maximum atomic E-state index is 12.8. The number of carbonyl (C=O) groups is 1. The van der Waals surface area contributed by atoms with Crippen LogP contribution in [-0.4, -0.2) is 45.6 Å². The van der Waals surface area contributed by atoms with E-state index >= 15 is 0 Å². The van der Waals surface area contributed by atoms with E-state index in [1.807, 2.05) is 6.92 Å². The van der Waals surface area contributed by atoms with Crippen molar-refractivity contribution >= 4 is 54.5 Å². The van der Waals surface area contributed by atoms with Crippen molar-refractivity contribution in [1.82, 2.24) is 10.0 Å². The third kappa shape index (κ3) is 2.95. The van der Waals surface area contributed by atoms with Gasteiger partial charge in [0, 0.05) is 19.0 Å². The van der Waals surface area contributed by atoms with E-state index in [-0.39, 0.29) is 10.1 Å². The third-order valence-electron chi connectivity index (χ3n) is 3.83. The highest BCUT2D eigenvalue weighted by Gasteiger charge is 2.28. The Hall–Kier alpha value is -1.88. The number of aromatic nitrogens is 1. The predicted octanol–water partition coefficient (Wildman–Crippen LogP) is 3.06. The smallest absolute Gasteiger partial charge is 0.293 e. The molecule has 7 nitrogen and oxygen atoms in total. The Bertz CT molecular complexity index is 1020. The minimum atomic E-state index is -3.65. The molecule has 1 N–H and O–H groups in total. The average Bonchev–Trinajstić information content (AvgIpc) is 3.28. The summed E-state index contributed by atoms with van der Waals surface area (Å²) in [7, 11) is 0.789. The first kappa shape index (κ1) is 17.9. The topological polar surface area (TPSA) is 82.7 Å². The van der Waals surface area contributed by atoms with Gasteiger partial charge in [-0.05, 0) is 24.4 Å². The molecule has 1 amide bonds. The molecule has 0 aliphatic heterocycles. The summed E-state index contributed by atoms with van der Waals surface area (Å²) in [5, 5.41) is 2.83. The number of fused-ring (bicyclic) bond motifs is 1. The Labute approximate surface area is 153 Å². The number of aromatic amines is 1. The molecule has 0 aliphatic rings. The molecule has 134 valence electrons. The molecular weight excluding hydrogens is 382 g/mol. The van der Waals surface area contributed by atoms with Gasteiger partial charge in [-0.3, -0.25) is 13.9 Å². The Morgan fingerprint density at radius 3 is 2.64 bits per heavy atom. The molecule has 25 heavy (non-hydrogen) atoms. The van der Waals surface area contributed by atoms with E-state index in [0.29, 0.717) is 16.9 Å². The Kier molecular flexibility index (Phi) is 4.62. The van der Waals surface area contributed by atoms with Gasteiger partial charge in [-0.2, -0.15) is 0 Å². The molecule has 3 aromatic heterocycles. The van der Waals surface area contributed by atoms with E-state index in [0.717, 1.165) is 14.6 Å². The van der Waals surface area contributed by atoms with Crippen LogP contribution in [0.25, 0.3) is 10.2 Å². The highest BCUT2D eigenvalue weighted by atomic mass is 32.2. The molecule has 0 saturated carbocycles. The second-order valence-corrected chi connectivity index (χ2v) is 9.72. The number of nitrogens with one attached hydrogen (secondary N) is 1. The molecule has 0 atom stereocenters. The predicted molar refractivity (Wildman–Crippen MR) is 99.9 cm³/mol. The molecular formula is C15H17N3O4S3. The highest BCUT2D eigenvalue weighted by Crippen LogP contribution is 2.40. The van der Waals surface area contributed by atoms with Crippen molar-refractivity contribution < 1.29 is 18.0 Å². The van der Waals surface area contributed by atoms with Gasteiger partial charge in [0.25, 0.3) is 15.9 Å². The highest BCUT2D eigenvalue weighted by molar-refractivity contribution is 7.94. The van der Waals surface area contributed by atoms with Crippen LogP contribution in [-0.2, 0) is 14.9 Å². The van der Waals surface area contributed by atoms with E-state index < -0.39 is 10.0 Å². The van der Waals surface area contributed by atoms with Crippen molar-refractivity contribution in [3.8, 4) is 0 Å². The van der Waals surface area contributed by atoms with E-state index in [4.69, 9.17) is 4.84 Å². The summed E-state index contributed by atoms with van der Waals surface area (Å²) in [6, 6.07) is 4.99. The zero-order valence-corrected chi connectivity index (χ0v) is 16.5. The zero-order valence-electron chi connectivity index (χ0n) is 14.1. The number of nitrogens with zero attached hydrogens (tertiary/aromatic N) is 2. The van der Waals surface area contributed by atoms with E-state index in [2.05, 4.69) is 4.98 Å². The van der Waals surface area contributed by atoms with Crippen molar-refractivity contribution in [2.24, 2.45) is 0 Å². The molecule has 0 spiro atoms. The van der Waals surface area contributed by atoms with Gasteiger partial charge in [0.05, 0.1) is 23.0 Å². The van der Waals surface area contributed by atoms with Crippen LogP contribution in [0, 0.1) is 6.92 Å². The fourth-order valence-corrected chi connectivity index (χ4v) is 6.07. The number of rotatable bonds is 5. The first-order chi connectivity index (χ1) is 11.8. The lowest BCUT2D eigenvalue weighted by Crippen LogP contribution is -2.26. The van der Waals surface area contributed by atoms with Gasteiger partial charge < -0.3 is 4.98 Å². The summed E-state index contributed by atoms with van der Waals surface area (Å²) in [5.41, 5.74) is 1.51. The largest absolute Gasteiger partial charge is 0.348 e. The van der Waals surface area contributed by atoms with Crippen molar-refractivity contribution in [1.29, 1.82) is 0 Å². The number of hydrogen-bond donors (Lipinski definition) is 1.